The minimum absolute atomic E-state index is 0.129. The summed E-state index contributed by atoms with van der Waals surface area (Å²) < 4.78 is 2.07. The summed E-state index contributed by atoms with van der Waals surface area (Å²) in [5.74, 6) is 1.30. The monoisotopic (exact) mass is 361 g/mol. The summed E-state index contributed by atoms with van der Waals surface area (Å²) >= 11 is 1.45. The topological polar surface area (TPSA) is 63.9 Å². The molecule has 0 aliphatic carbocycles. The van der Waals surface area contributed by atoms with Gasteiger partial charge in [-0.25, -0.2) is 0 Å². The second-order valence-electron chi connectivity index (χ2n) is 6.48. The van der Waals surface area contributed by atoms with E-state index >= 15 is 0 Å². The summed E-state index contributed by atoms with van der Waals surface area (Å²) in [6.45, 7) is 11.1. The Morgan fingerprint density at radius 3 is 2.52 bits per heavy atom. The molecule has 25 heavy (non-hydrogen) atoms. The van der Waals surface area contributed by atoms with Gasteiger partial charge in [0.25, 0.3) is 0 Å². The summed E-state index contributed by atoms with van der Waals surface area (Å²) in [5.41, 5.74) is 0.938. The Kier molecular flexibility index (Phi) is 6.99. The molecule has 0 bridgehead atoms. The Hall–Kier alpha value is -1.89. The van der Waals surface area contributed by atoms with Crippen LogP contribution in [0.4, 0.5) is 0 Å². The molecule has 2 rings (SSSR count). The summed E-state index contributed by atoms with van der Waals surface area (Å²) in [4.78, 5) is 18.7. The molecular weight excluding hydrogens is 334 g/mol. The lowest BCUT2D eigenvalue weighted by atomic mass is 10.2. The molecule has 0 saturated carbocycles. The van der Waals surface area contributed by atoms with E-state index in [1.165, 1.54) is 11.8 Å². The molecule has 2 heterocycles. The highest BCUT2D eigenvalue weighted by atomic mass is 32.2. The van der Waals surface area contributed by atoms with Gasteiger partial charge in [-0.05, 0) is 46.2 Å². The first-order valence-corrected chi connectivity index (χ1v) is 9.71. The number of carbonyl (C=O) groups excluding carboxylic acids is 1. The lowest BCUT2D eigenvalue weighted by Gasteiger charge is -2.30. The van der Waals surface area contributed by atoms with Crippen molar-refractivity contribution in [2.75, 3.05) is 5.75 Å². The molecule has 0 aromatic carbocycles. The van der Waals surface area contributed by atoms with Crippen LogP contribution in [0.5, 0.6) is 0 Å². The predicted molar refractivity (Wildman–Crippen MR) is 101 cm³/mol. The van der Waals surface area contributed by atoms with Gasteiger partial charge in [0.15, 0.2) is 11.0 Å². The van der Waals surface area contributed by atoms with Crippen molar-refractivity contribution in [2.24, 2.45) is 0 Å². The third kappa shape index (κ3) is 4.81. The normalized spacial score (nSPS) is 11.3. The van der Waals surface area contributed by atoms with Crippen LogP contribution in [0.15, 0.2) is 29.7 Å². The zero-order chi connectivity index (χ0) is 18.4. The SMILES string of the molecule is CCCn1c(SCC(=O)N(C(C)C)C(C)C)nnc1-c1cccnc1. The molecule has 0 radical (unpaired) electrons. The Morgan fingerprint density at radius 1 is 1.24 bits per heavy atom. The number of aromatic nitrogens is 4. The molecular formula is C18H27N5OS. The van der Waals surface area contributed by atoms with Crippen LogP contribution in [0.1, 0.15) is 41.0 Å². The Balaban J connectivity index is 2.17. The molecule has 6 nitrogen and oxygen atoms in total. The van der Waals surface area contributed by atoms with Crippen LogP contribution in [0.3, 0.4) is 0 Å². The van der Waals surface area contributed by atoms with Gasteiger partial charge in [0.05, 0.1) is 5.75 Å². The number of carbonyl (C=O) groups is 1. The van der Waals surface area contributed by atoms with Crippen LogP contribution in [-0.2, 0) is 11.3 Å². The van der Waals surface area contributed by atoms with Crippen molar-refractivity contribution in [3.63, 3.8) is 0 Å². The molecule has 7 heteroatoms. The fourth-order valence-electron chi connectivity index (χ4n) is 2.90. The van der Waals surface area contributed by atoms with Crippen molar-refractivity contribution >= 4 is 17.7 Å². The maximum atomic E-state index is 12.6. The van der Waals surface area contributed by atoms with E-state index in [4.69, 9.17) is 0 Å². The molecule has 0 fully saturated rings. The molecule has 0 unspecified atom stereocenters. The van der Waals surface area contributed by atoms with Crippen LogP contribution in [0, 0.1) is 0 Å². The zero-order valence-corrected chi connectivity index (χ0v) is 16.5. The lowest BCUT2D eigenvalue weighted by molar-refractivity contribution is -0.131. The fourth-order valence-corrected chi connectivity index (χ4v) is 3.74. The van der Waals surface area contributed by atoms with Gasteiger partial charge < -0.3 is 9.47 Å². The first kappa shape index (κ1) is 19.4. The molecule has 136 valence electrons. The molecule has 0 saturated heterocycles. The van der Waals surface area contributed by atoms with Crippen molar-refractivity contribution in [2.45, 2.75) is 64.8 Å². The summed E-state index contributed by atoms with van der Waals surface area (Å²) in [7, 11) is 0. The van der Waals surface area contributed by atoms with Gasteiger partial charge in [-0.15, -0.1) is 10.2 Å². The number of rotatable bonds is 8. The van der Waals surface area contributed by atoms with Crippen molar-refractivity contribution < 1.29 is 4.79 Å². The van der Waals surface area contributed by atoms with Gasteiger partial charge in [-0.1, -0.05) is 18.7 Å². The van der Waals surface area contributed by atoms with Gasteiger partial charge >= 0.3 is 0 Å². The molecule has 0 aliphatic heterocycles. The van der Waals surface area contributed by atoms with Crippen molar-refractivity contribution in [3.8, 4) is 11.4 Å². The molecule has 2 aromatic heterocycles. The number of nitrogens with zero attached hydrogens (tertiary/aromatic N) is 5. The fraction of sp³-hybridized carbons (Fsp3) is 0.556. The molecule has 0 N–H and O–H groups in total. The summed E-state index contributed by atoms with van der Waals surface area (Å²) in [5, 5.41) is 9.41. The zero-order valence-electron chi connectivity index (χ0n) is 15.6. The van der Waals surface area contributed by atoms with Gasteiger partial charge in [-0.2, -0.15) is 0 Å². The molecule has 2 aromatic rings. The standard InChI is InChI=1S/C18H27N5OS/c1-6-10-22-17(15-8-7-9-19-11-15)20-21-18(22)25-12-16(24)23(13(2)3)14(4)5/h7-9,11,13-14H,6,10,12H2,1-5H3. The maximum Gasteiger partial charge on any atom is 0.233 e. The van der Waals surface area contributed by atoms with E-state index in [1.807, 2.05) is 44.7 Å². The Bertz CT molecular complexity index is 676. The Morgan fingerprint density at radius 2 is 1.96 bits per heavy atom. The second-order valence-corrected chi connectivity index (χ2v) is 7.42. The first-order chi connectivity index (χ1) is 12.0. The quantitative estimate of drug-likeness (QED) is 0.674. The van der Waals surface area contributed by atoms with Crippen molar-refractivity contribution in [1.29, 1.82) is 0 Å². The van der Waals surface area contributed by atoms with Crippen molar-refractivity contribution in [1.82, 2.24) is 24.6 Å². The third-order valence-electron chi connectivity index (χ3n) is 3.81. The van der Waals surface area contributed by atoms with Gasteiger partial charge in [0.2, 0.25) is 5.91 Å². The summed E-state index contributed by atoms with van der Waals surface area (Å²) in [6.07, 6.45) is 4.50. The highest BCUT2D eigenvalue weighted by Gasteiger charge is 2.22. The number of hydrogen-bond acceptors (Lipinski definition) is 5. The number of amides is 1. The smallest absolute Gasteiger partial charge is 0.233 e. The highest BCUT2D eigenvalue weighted by Crippen LogP contribution is 2.24. The maximum absolute atomic E-state index is 12.6. The van der Waals surface area contributed by atoms with E-state index in [0.717, 1.165) is 29.5 Å². The van der Waals surface area contributed by atoms with Gasteiger partial charge in [0, 0.05) is 36.6 Å². The first-order valence-electron chi connectivity index (χ1n) is 8.73. The molecule has 0 aliphatic rings. The van der Waals surface area contributed by atoms with E-state index in [0.29, 0.717) is 5.75 Å². The highest BCUT2D eigenvalue weighted by molar-refractivity contribution is 7.99. The third-order valence-corrected chi connectivity index (χ3v) is 4.76. The Labute approximate surface area is 154 Å². The average molecular weight is 362 g/mol. The lowest BCUT2D eigenvalue weighted by Crippen LogP contribution is -2.43. The summed E-state index contributed by atoms with van der Waals surface area (Å²) in [6, 6.07) is 4.24. The van der Waals surface area contributed by atoms with Crippen LogP contribution < -0.4 is 0 Å². The van der Waals surface area contributed by atoms with Crippen LogP contribution in [0.2, 0.25) is 0 Å². The minimum Gasteiger partial charge on any atom is -0.337 e. The van der Waals surface area contributed by atoms with Crippen LogP contribution in [-0.4, -0.2) is 48.4 Å². The minimum atomic E-state index is 0.129. The second kappa shape index (κ2) is 8.99. The van der Waals surface area contributed by atoms with E-state index in [9.17, 15) is 4.79 Å². The predicted octanol–water partition coefficient (Wildman–Crippen LogP) is 3.49. The van der Waals surface area contributed by atoms with E-state index in [2.05, 4.69) is 26.7 Å². The molecule has 0 atom stereocenters. The number of hydrogen-bond donors (Lipinski definition) is 0. The van der Waals surface area contributed by atoms with E-state index in [1.54, 1.807) is 12.4 Å². The van der Waals surface area contributed by atoms with Crippen molar-refractivity contribution in [3.05, 3.63) is 24.5 Å². The van der Waals surface area contributed by atoms with Crippen LogP contribution >= 0.6 is 11.8 Å². The number of pyridine rings is 1. The molecule has 1 amide bonds. The average Bonchev–Trinajstić information content (AvgIpc) is 2.96. The number of thioether (sulfide) groups is 1. The largest absolute Gasteiger partial charge is 0.337 e. The van der Waals surface area contributed by atoms with Crippen LogP contribution in [0.25, 0.3) is 11.4 Å². The molecule has 0 spiro atoms. The van der Waals surface area contributed by atoms with Gasteiger partial charge in [-0.3, -0.25) is 9.78 Å². The van der Waals surface area contributed by atoms with E-state index < -0.39 is 0 Å². The van der Waals surface area contributed by atoms with Gasteiger partial charge in [0.1, 0.15) is 0 Å². The van der Waals surface area contributed by atoms with E-state index in [-0.39, 0.29) is 18.0 Å².